The fourth-order valence-corrected chi connectivity index (χ4v) is 5.59. The topological polar surface area (TPSA) is 86.8 Å². The number of carbonyl (C=O) groups excluding carboxylic acids is 2. The maximum absolute atomic E-state index is 14.0. The number of carbonyl (C=O) groups is 2. The number of rotatable bonds is 10. The molecule has 0 bridgehead atoms. The number of likely N-dealkylation sites (N-methyl/N-ethyl adjacent to an activating group) is 1. The van der Waals surface area contributed by atoms with Crippen LogP contribution in [-0.2, 0) is 38.0 Å². The number of anilines is 1. The van der Waals surface area contributed by atoms with Crippen LogP contribution >= 0.6 is 15.9 Å². The number of benzene rings is 3. The Morgan fingerprint density at radius 3 is 2.08 bits per heavy atom. The second-order valence-electron chi connectivity index (χ2n) is 10.5. The molecule has 3 rings (SSSR count). The molecule has 1 unspecified atom stereocenters. The Bertz CT molecular complexity index is 1390. The van der Waals surface area contributed by atoms with Gasteiger partial charge < -0.3 is 10.2 Å². The molecule has 208 valence electrons. The second-order valence-corrected chi connectivity index (χ2v) is 13.4. The third kappa shape index (κ3) is 8.41. The maximum atomic E-state index is 14.0. The molecule has 3 aromatic rings. The summed E-state index contributed by atoms with van der Waals surface area (Å²) in [5.41, 5.74) is 3.02. The van der Waals surface area contributed by atoms with Crippen LogP contribution in [0.15, 0.2) is 83.3 Å². The summed E-state index contributed by atoms with van der Waals surface area (Å²) < 4.78 is 27.7. The second kappa shape index (κ2) is 12.8. The van der Waals surface area contributed by atoms with Crippen LogP contribution in [0.4, 0.5) is 5.69 Å². The van der Waals surface area contributed by atoms with E-state index >= 15 is 0 Å². The molecule has 3 aromatic carbocycles. The molecule has 39 heavy (non-hydrogen) atoms. The predicted molar refractivity (Wildman–Crippen MR) is 160 cm³/mol. The van der Waals surface area contributed by atoms with Crippen molar-refractivity contribution >= 4 is 43.5 Å². The van der Waals surface area contributed by atoms with Crippen molar-refractivity contribution in [1.29, 1.82) is 0 Å². The van der Waals surface area contributed by atoms with Gasteiger partial charge in [-0.05, 0) is 46.4 Å². The number of nitrogens with one attached hydrogen (secondary N) is 1. The van der Waals surface area contributed by atoms with Gasteiger partial charge in [-0.3, -0.25) is 13.9 Å². The Hall–Kier alpha value is -3.17. The molecule has 1 atom stereocenters. The highest BCUT2D eigenvalue weighted by atomic mass is 79.9. The maximum Gasteiger partial charge on any atom is 0.244 e. The molecule has 7 nitrogen and oxygen atoms in total. The van der Waals surface area contributed by atoms with Crippen molar-refractivity contribution in [3.63, 3.8) is 0 Å². The molecular weight excluding hydrogens is 578 g/mol. The average Bonchev–Trinajstić information content (AvgIpc) is 2.88. The molecule has 0 aliphatic heterocycles. The highest BCUT2D eigenvalue weighted by Gasteiger charge is 2.32. The Morgan fingerprint density at radius 1 is 0.923 bits per heavy atom. The number of nitrogens with zero attached hydrogens (tertiary/aromatic N) is 2. The summed E-state index contributed by atoms with van der Waals surface area (Å²) in [6.45, 7) is 5.91. The molecule has 0 aliphatic carbocycles. The fraction of sp³-hybridized carbons (Fsp3) is 0.333. The summed E-state index contributed by atoms with van der Waals surface area (Å²) in [6.07, 6.45) is 1.36. The minimum absolute atomic E-state index is 0.108. The first-order valence-corrected chi connectivity index (χ1v) is 15.3. The third-order valence-electron chi connectivity index (χ3n) is 6.46. The van der Waals surface area contributed by atoms with Crippen LogP contribution in [0.5, 0.6) is 0 Å². The summed E-state index contributed by atoms with van der Waals surface area (Å²) in [5, 5.41) is 2.68. The Balaban J connectivity index is 2.02. The van der Waals surface area contributed by atoms with Gasteiger partial charge in [0.1, 0.15) is 12.6 Å². The van der Waals surface area contributed by atoms with Crippen LogP contribution in [0.2, 0.25) is 0 Å². The lowest BCUT2D eigenvalue weighted by Gasteiger charge is -2.33. The van der Waals surface area contributed by atoms with Crippen LogP contribution in [0.25, 0.3) is 0 Å². The van der Waals surface area contributed by atoms with Gasteiger partial charge in [0.2, 0.25) is 21.8 Å². The normalized spacial score (nSPS) is 12.5. The van der Waals surface area contributed by atoms with Crippen molar-refractivity contribution in [1.82, 2.24) is 10.2 Å². The number of amides is 2. The standard InChI is InChI=1S/C30H36BrN3O4S/c1-30(2,3)24-14-16-26(17-15-24)34(39(5,37)38)21-28(35)33(20-23-12-9-13-25(31)18-23)27(29(36)32-4)19-22-10-7-6-8-11-22/h6-18,27H,19-21H2,1-5H3,(H,32,36). The van der Waals surface area contributed by atoms with E-state index in [1.807, 2.05) is 66.7 Å². The lowest BCUT2D eigenvalue weighted by Crippen LogP contribution is -2.52. The molecule has 2 amide bonds. The highest BCUT2D eigenvalue weighted by Crippen LogP contribution is 2.26. The SMILES string of the molecule is CNC(=O)C(Cc1ccccc1)N(Cc1cccc(Br)c1)C(=O)CN(c1ccc(C(C)(C)C)cc1)S(C)(=O)=O. The summed E-state index contributed by atoms with van der Waals surface area (Å²) >= 11 is 3.47. The molecule has 1 N–H and O–H groups in total. The first kappa shape index (κ1) is 30.4. The van der Waals surface area contributed by atoms with Crippen molar-refractivity contribution < 1.29 is 18.0 Å². The molecule has 0 aliphatic rings. The van der Waals surface area contributed by atoms with Crippen molar-refractivity contribution in [3.05, 3.63) is 100 Å². The number of halogens is 1. The monoisotopic (exact) mass is 613 g/mol. The van der Waals surface area contributed by atoms with Gasteiger partial charge in [-0.25, -0.2) is 8.42 Å². The van der Waals surface area contributed by atoms with E-state index in [1.165, 1.54) is 11.9 Å². The predicted octanol–water partition coefficient (Wildman–Crippen LogP) is 4.90. The van der Waals surface area contributed by atoms with Crippen molar-refractivity contribution in [2.24, 2.45) is 0 Å². The molecule has 0 aromatic heterocycles. The van der Waals surface area contributed by atoms with Crippen LogP contribution in [0.1, 0.15) is 37.5 Å². The van der Waals surface area contributed by atoms with E-state index in [0.717, 1.165) is 31.7 Å². The smallest absolute Gasteiger partial charge is 0.244 e. The largest absolute Gasteiger partial charge is 0.357 e. The van der Waals surface area contributed by atoms with Gasteiger partial charge >= 0.3 is 0 Å². The molecule has 0 fully saturated rings. The van der Waals surface area contributed by atoms with Crippen LogP contribution in [0.3, 0.4) is 0 Å². The summed E-state index contributed by atoms with van der Waals surface area (Å²) in [5.74, 6) is -0.813. The van der Waals surface area contributed by atoms with E-state index < -0.39 is 28.5 Å². The molecular formula is C30H36BrN3O4S. The van der Waals surface area contributed by atoms with Crippen molar-refractivity contribution in [3.8, 4) is 0 Å². The Morgan fingerprint density at radius 2 is 1.54 bits per heavy atom. The fourth-order valence-electron chi connectivity index (χ4n) is 4.29. The zero-order valence-electron chi connectivity index (χ0n) is 23.0. The third-order valence-corrected chi connectivity index (χ3v) is 8.09. The highest BCUT2D eigenvalue weighted by molar-refractivity contribution is 9.10. The first-order valence-electron chi connectivity index (χ1n) is 12.7. The van der Waals surface area contributed by atoms with Gasteiger partial charge in [0, 0.05) is 24.5 Å². The average molecular weight is 615 g/mol. The minimum Gasteiger partial charge on any atom is -0.357 e. The zero-order valence-corrected chi connectivity index (χ0v) is 25.4. The van der Waals surface area contributed by atoms with E-state index in [-0.39, 0.29) is 24.3 Å². The van der Waals surface area contributed by atoms with Crippen molar-refractivity contribution in [2.75, 3.05) is 24.2 Å². The van der Waals surface area contributed by atoms with Gasteiger partial charge in [-0.2, -0.15) is 0 Å². The van der Waals surface area contributed by atoms with E-state index in [4.69, 9.17) is 0 Å². The quantitative estimate of drug-likeness (QED) is 0.352. The van der Waals surface area contributed by atoms with Gasteiger partial charge in [0.05, 0.1) is 11.9 Å². The molecule has 0 spiro atoms. The van der Waals surface area contributed by atoms with Crippen molar-refractivity contribution in [2.45, 2.75) is 45.2 Å². The lowest BCUT2D eigenvalue weighted by molar-refractivity contribution is -0.139. The molecule has 9 heteroatoms. The van der Waals surface area contributed by atoms with Crippen LogP contribution < -0.4 is 9.62 Å². The molecule has 0 saturated heterocycles. The lowest BCUT2D eigenvalue weighted by atomic mass is 9.87. The zero-order chi connectivity index (χ0) is 28.8. The summed E-state index contributed by atoms with van der Waals surface area (Å²) in [6, 6.07) is 23.3. The number of hydrogen-bond donors (Lipinski definition) is 1. The first-order chi connectivity index (χ1) is 18.3. The summed E-state index contributed by atoms with van der Waals surface area (Å²) in [4.78, 5) is 28.6. The molecule has 0 radical (unpaired) electrons. The number of hydrogen-bond acceptors (Lipinski definition) is 4. The summed E-state index contributed by atoms with van der Waals surface area (Å²) in [7, 11) is -2.28. The van der Waals surface area contributed by atoms with Gasteiger partial charge in [-0.1, -0.05) is 91.3 Å². The molecule has 0 heterocycles. The van der Waals surface area contributed by atoms with E-state index in [0.29, 0.717) is 5.69 Å². The van der Waals surface area contributed by atoms with Gasteiger partial charge in [-0.15, -0.1) is 0 Å². The molecule has 0 saturated carbocycles. The van der Waals surface area contributed by atoms with Gasteiger partial charge in [0.15, 0.2) is 0 Å². The van der Waals surface area contributed by atoms with Crippen LogP contribution in [-0.4, -0.2) is 51.0 Å². The number of sulfonamides is 1. The Labute approximate surface area is 240 Å². The van der Waals surface area contributed by atoms with E-state index in [1.54, 1.807) is 12.1 Å². The minimum atomic E-state index is -3.81. The van der Waals surface area contributed by atoms with Crippen LogP contribution in [0, 0.1) is 0 Å². The Kier molecular flexibility index (Phi) is 9.96. The van der Waals surface area contributed by atoms with E-state index in [9.17, 15) is 18.0 Å². The van der Waals surface area contributed by atoms with E-state index in [2.05, 4.69) is 42.0 Å². The van der Waals surface area contributed by atoms with Gasteiger partial charge in [0.25, 0.3) is 0 Å².